The van der Waals surface area contributed by atoms with Crippen LogP contribution >= 0.6 is 0 Å². The van der Waals surface area contributed by atoms with Crippen LogP contribution in [0.1, 0.15) is 43.7 Å². The van der Waals surface area contributed by atoms with Crippen LogP contribution < -0.4 is 5.32 Å². The lowest BCUT2D eigenvalue weighted by atomic mass is 9.77. The maximum absolute atomic E-state index is 5.52. The van der Waals surface area contributed by atoms with Crippen LogP contribution in [-0.4, -0.2) is 25.8 Å². The lowest BCUT2D eigenvalue weighted by Gasteiger charge is -2.30. The molecule has 0 radical (unpaired) electrons. The van der Waals surface area contributed by atoms with Gasteiger partial charge in [-0.1, -0.05) is 24.3 Å². The number of benzene rings is 1. The molecule has 0 saturated heterocycles. The zero-order valence-corrected chi connectivity index (χ0v) is 11.6. The lowest BCUT2D eigenvalue weighted by Crippen LogP contribution is -2.29. The Morgan fingerprint density at radius 1 is 1.28 bits per heavy atom. The van der Waals surface area contributed by atoms with Gasteiger partial charge in [0.25, 0.3) is 0 Å². The monoisotopic (exact) mass is 247 g/mol. The van der Waals surface area contributed by atoms with Crippen LogP contribution in [0.3, 0.4) is 0 Å². The lowest BCUT2D eigenvalue weighted by molar-refractivity contribution is 0.0760. The van der Waals surface area contributed by atoms with E-state index in [-0.39, 0.29) is 0 Å². The number of fused-ring (bicyclic) bond motifs is 1. The van der Waals surface area contributed by atoms with E-state index in [4.69, 9.17) is 4.74 Å². The number of unbranched alkanes of at least 4 members (excludes halogenated alkanes) is 1. The first-order chi connectivity index (χ1) is 8.77. The fraction of sp³-hybridized carbons (Fsp3) is 0.625. The summed E-state index contributed by atoms with van der Waals surface area (Å²) >= 11 is 0. The minimum absolute atomic E-state index is 0.365. The minimum Gasteiger partial charge on any atom is -0.379 e. The molecule has 0 spiro atoms. The first kappa shape index (κ1) is 13.6. The summed E-state index contributed by atoms with van der Waals surface area (Å²) in [7, 11) is 0. The highest BCUT2D eigenvalue weighted by Crippen LogP contribution is 2.33. The molecule has 0 fully saturated rings. The van der Waals surface area contributed by atoms with Crippen molar-refractivity contribution in [2.75, 3.05) is 19.7 Å². The van der Waals surface area contributed by atoms with Gasteiger partial charge in [0, 0.05) is 19.1 Å². The van der Waals surface area contributed by atoms with Crippen molar-refractivity contribution in [3.63, 3.8) is 0 Å². The van der Waals surface area contributed by atoms with Gasteiger partial charge >= 0.3 is 0 Å². The van der Waals surface area contributed by atoms with Crippen molar-refractivity contribution in [2.45, 2.75) is 45.1 Å². The van der Waals surface area contributed by atoms with E-state index in [2.05, 4.69) is 43.4 Å². The van der Waals surface area contributed by atoms with Crippen molar-refractivity contribution in [2.24, 2.45) is 0 Å². The fourth-order valence-corrected chi connectivity index (χ4v) is 2.49. The van der Waals surface area contributed by atoms with Crippen LogP contribution in [0.15, 0.2) is 24.3 Å². The van der Waals surface area contributed by atoms with Gasteiger partial charge in [0.05, 0.1) is 6.10 Å². The molecular formula is C16H25NO. The third-order valence-corrected chi connectivity index (χ3v) is 3.55. The second kappa shape index (κ2) is 6.91. The van der Waals surface area contributed by atoms with Crippen LogP contribution in [0.2, 0.25) is 0 Å². The van der Waals surface area contributed by atoms with E-state index in [0.29, 0.717) is 6.10 Å². The van der Waals surface area contributed by atoms with Gasteiger partial charge < -0.3 is 10.1 Å². The summed E-state index contributed by atoms with van der Waals surface area (Å²) in [6, 6.07) is 8.79. The molecule has 18 heavy (non-hydrogen) atoms. The molecule has 1 aromatic carbocycles. The maximum Gasteiger partial charge on any atom is 0.0518 e. The molecular weight excluding hydrogens is 222 g/mol. The van der Waals surface area contributed by atoms with Gasteiger partial charge in [-0.15, -0.1) is 0 Å². The Labute approximate surface area is 111 Å². The van der Waals surface area contributed by atoms with E-state index < -0.39 is 0 Å². The molecule has 0 heterocycles. The highest BCUT2D eigenvalue weighted by Gasteiger charge is 2.24. The van der Waals surface area contributed by atoms with Gasteiger partial charge in [-0.3, -0.25) is 0 Å². The molecule has 2 rings (SSSR count). The standard InChI is InChI=1S/C16H25NO/c1-13(2)18-10-6-5-9-17-12-15-11-14-7-3-4-8-16(14)15/h3-4,7-8,13,15,17H,5-6,9-12H2,1-2H3. The van der Waals surface area contributed by atoms with Gasteiger partial charge in [-0.05, 0) is 50.8 Å². The molecule has 1 aromatic rings. The number of hydrogen-bond acceptors (Lipinski definition) is 2. The molecule has 1 N–H and O–H groups in total. The first-order valence-electron chi connectivity index (χ1n) is 7.17. The molecule has 1 aliphatic carbocycles. The van der Waals surface area contributed by atoms with Gasteiger partial charge in [-0.25, -0.2) is 0 Å². The molecule has 0 amide bonds. The van der Waals surface area contributed by atoms with Crippen molar-refractivity contribution in [3.8, 4) is 0 Å². The summed E-state index contributed by atoms with van der Waals surface area (Å²) in [5, 5.41) is 3.56. The number of nitrogens with one attached hydrogen (secondary N) is 1. The van der Waals surface area contributed by atoms with E-state index in [1.54, 1.807) is 5.56 Å². The second-order valence-electron chi connectivity index (χ2n) is 5.43. The molecule has 1 atom stereocenters. The predicted octanol–water partition coefficient (Wildman–Crippen LogP) is 3.12. The zero-order valence-electron chi connectivity index (χ0n) is 11.6. The van der Waals surface area contributed by atoms with E-state index in [1.165, 1.54) is 18.4 Å². The van der Waals surface area contributed by atoms with Crippen LogP contribution in [0.25, 0.3) is 0 Å². The van der Waals surface area contributed by atoms with E-state index in [1.807, 2.05) is 0 Å². The summed E-state index contributed by atoms with van der Waals surface area (Å²) < 4.78 is 5.52. The van der Waals surface area contributed by atoms with Crippen LogP contribution in [0.5, 0.6) is 0 Å². The Morgan fingerprint density at radius 3 is 2.89 bits per heavy atom. The summed E-state index contributed by atoms with van der Waals surface area (Å²) in [4.78, 5) is 0. The Kier molecular flexibility index (Phi) is 5.21. The Bertz CT molecular complexity index is 362. The molecule has 0 bridgehead atoms. The molecule has 2 heteroatoms. The zero-order chi connectivity index (χ0) is 12.8. The van der Waals surface area contributed by atoms with E-state index in [9.17, 15) is 0 Å². The molecule has 100 valence electrons. The predicted molar refractivity (Wildman–Crippen MR) is 76.1 cm³/mol. The summed E-state index contributed by atoms with van der Waals surface area (Å²) in [5.41, 5.74) is 3.09. The van der Waals surface area contributed by atoms with E-state index in [0.717, 1.165) is 32.0 Å². The smallest absolute Gasteiger partial charge is 0.0518 e. The van der Waals surface area contributed by atoms with Gasteiger partial charge in [-0.2, -0.15) is 0 Å². The number of hydrogen-bond donors (Lipinski definition) is 1. The maximum atomic E-state index is 5.52. The summed E-state index contributed by atoms with van der Waals surface area (Å²) in [5.74, 6) is 0.744. The Balaban J connectivity index is 1.50. The number of rotatable bonds is 8. The van der Waals surface area contributed by atoms with E-state index >= 15 is 0 Å². The molecule has 0 aromatic heterocycles. The molecule has 0 aliphatic heterocycles. The largest absolute Gasteiger partial charge is 0.379 e. The van der Waals surface area contributed by atoms with Crippen molar-refractivity contribution in [3.05, 3.63) is 35.4 Å². The summed E-state index contributed by atoms with van der Waals surface area (Å²) in [6.45, 7) is 7.31. The normalized spacial score (nSPS) is 17.6. The fourth-order valence-electron chi connectivity index (χ4n) is 2.49. The van der Waals surface area contributed by atoms with Crippen molar-refractivity contribution >= 4 is 0 Å². The quantitative estimate of drug-likeness (QED) is 0.713. The highest BCUT2D eigenvalue weighted by molar-refractivity contribution is 5.40. The average molecular weight is 247 g/mol. The van der Waals surface area contributed by atoms with Gasteiger partial charge in [0.1, 0.15) is 0 Å². The highest BCUT2D eigenvalue weighted by atomic mass is 16.5. The van der Waals surface area contributed by atoms with Gasteiger partial charge in [0.15, 0.2) is 0 Å². The van der Waals surface area contributed by atoms with Crippen molar-refractivity contribution in [1.29, 1.82) is 0 Å². The third kappa shape index (κ3) is 3.82. The summed E-state index contributed by atoms with van der Waals surface area (Å²) in [6.07, 6.45) is 3.98. The molecule has 2 nitrogen and oxygen atoms in total. The first-order valence-corrected chi connectivity index (χ1v) is 7.17. The molecule has 0 saturated carbocycles. The van der Waals surface area contributed by atoms with Crippen LogP contribution in [0, 0.1) is 0 Å². The minimum atomic E-state index is 0.365. The molecule has 1 unspecified atom stereocenters. The SMILES string of the molecule is CC(C)OCCCCNCC1Cc2ccccc21. The second-order valence-corrected chi connectivity index (χ2v) is 5.43. The van der Waals surface area contributed by atoms with Crippen molar-refractivity contribution < 1.29 is 4.74 Å². The van der Waals surface area contributed by atoms with Gasteiger partial charge in [0.2, 0.25) is 0 Å². The Morgan fingerprint density at radius 2 is 2.11 bits per heavy atom. The van der Waals surface area contributed by atoms with Crippen LogP contribution in [-0.2, 0) is 11.2 Å². The average Bonchev–Trinajstić information content (AvgIpc) is 2.32. The Hall–Kier alpha value is -0.860. The van der Waals surface area contributed by atoms with Crippen LogP contribution in [0.4, 0.5) is 0 Å². The topological polar surface area (TPSA) is 21.3 Å². The number of ether oxygens (including phenoxy) is 1. The third-order valence-electron chi connectivity index (χ3n) is 3.55. The van der Waals surface area contributed by atoms with Crippen molar-refractivity contribution in [1.82, 2.24) is 5.32 Å². The molecule has 1 aliphatic rings.